The summed E-state index contributed by atoms with van der Waals surface area (Å²) in [4.78, 5) is 4.55. The van der Waals surface area contributed by atoms with Gasteiger partial charge in [0.1, 0.15) is 11.6 Å². The number of methoxy groups -OCH3 is 1. The van der Waals surface area contributed by atoms with E-state index < -0.39 is 0 Å². The Bertz CT molecular complexity index is 805. The monoisotopic (exact) mass is 391 g/mol. The lowest BCUT2D eigenvalue weighted by atomic mass is 9.74. The first-order valence-corrected chi connectivity index (χ1v) is 9.14. The van der Waals surface area contributed by atoms with Crippen LogP contribution in [0.5, 0.6) is 5.75 Å². The average molecular weight is 392 g/mol. The van der Waals surface area contributed by atoms with E-state index in [1.807, 2.05) is 18.2 Å². The molecule has 3 rings (SSSR count). The van der Waals surface area contributed by atoms with Gasteiger partial charge >= 0.3 is 0 Å². The summed E-state index contributed by atoms with van der Waals surface area (Å²) in [6, 6.07) is 11.9. The number of rotatable bonds is 5. The van der Waals surface area contributed by atoms with E-state index in [2.05, 4.69) is 10.3 Å². The number of benzene rings is 2. The van der Waals surface area contributed by atoms with E-state index in [0.717, 1.165) is 24.1 Å². The first kappa shape index (κ1) is 19.5. The Hall–Kier alpha value is -2.31. The molecule has 0 saturated carbocycles. The van der Waals surface area contributed by atoms with Gasteiger partial charge in [0.25, 0.3) is 0 Å². The lowest BCUT2D eigenvalue weighted by molar-refractivity contribution is 0.0531. The van der Waals surface area contributed by atoms with Crippen LogP contribution in [0.2, 0.25) is 5.02 Å². The molecular weight excluding hydrogens is 369 g/mol. The maximum absolute atomic E-state index is 13.3. The molecule has 0 aliphatic carbocycles. The number of nitrogens with zero attached hydrogens (tertiary/aromatic N) is 1. The van der Waals surface area contributed by atoms with Crippen molar-refractivity contribution in [2.24, 2.45) is 10.7 Å². The molecule has 1 saturated heterocycles. The highest BCUT2D eigenvalue weighted by molar-refractivity contribution is 6.32. The molecule has 0 bridgehead atoms. The number of guanidine groups is 1. The van der Waals surface area contributed by atoms with Crippen molar-refractivity contribution in [3.05, 3.63) is 58.9 Å². The highest BCUT2D eigenvalue weighted by atomic mass is 35.5. The summed E-state index contributed by atoms with van der Waals surface area (Å²) in [7, 11) is 1.56. The molecular formula is C20H23ClFN3O2. The second kappa shape index (κ2) is 8.59. The van der Waals surface area contributed by atoms with Crippen LogP contribution in [0.3, 0.4) is 0 Å². The van der Waals surface area contributed by atoms with Gasteiger partial charge in [0, 0.05) is 24.3 Å². The standard InChI is InChI=1S/C20H23ClFN3O2/c1-26-18-7-6-16(12-17(18)21)25-19(23)24-13-20(8-10-27-11-9-20)14-2-4-15(22)5-3-14/h2-7,12H,8-11,13H2,1H3,(H3,23,24,25). The van der Waals surface area contributed by atoms with Crippen LogP contribution in [0.4, 0.5) is 10.1 Å². The molecule has 1 fully saturated rings. The van der Waals surface area contributed by atoms with Crippen molar-refractivity contribution in [1.29, 1.82) is 0 Å². The third-order valence-corrected chi connectivity index (χ3v) is 5.18. The van der Waals surface area contributed by atoms with Gasteiger partial charge in [0.05, 0.1) is 18.7 Å². The molecule has 2 aromatic rings. The van der Waals surface area contributed by atoms with Crippen molar-refractivity contribution < 1.29 is 13.9 Å². The fraction of sp³-hybridized carbons (Fsp3) is 0.350. The second-order valence-corrected chi connectivity index (χ2v) is 6.98. The van der Waals surface area contributed by atoms with Crippen LogP contribution in [0, 0.1) is 5.82 Å². The minimum atomic E-state index is -0.248. The van der Waals surface area contributed by atoms with E-state index in [1.54, 1.807) is 19.2 Å². The van der Waals surface area contributed by atoms with E-state index in [1.165, 1.54) is 12.1 Å². The van der Waals surface area contributed by atoms with Crippen molar-refractivity contribution in [2.75, 3.05) is 32.2 Å². The lowest BCUT2D eigenvalue weighted by Crippen LogP contribution is -2.38. The number of nitrogens with two attached hydrogens (primary N) is 1. The topological polar surface area (TPSA) is 68.9 Å². The highest BCUT2D eigenvalue weighted by Gasteiger charge is 2.34. The Morgan fingerprint density at radius 2 is 1.96 bits per heavy atom. The number of hydrogen-bond acceptors (Lipinski definition) is 3. The number of hydrogen-bond donors (Lipinski definition) is 2. The normalized spacial score (nSPS) is 16.8. The zero-order chi connectivity index (χ0) is 19.3. The Labute approximate surface area is 163 Å². The van der Waals surface area contributed by atoms with Gasteiger partial charge in [-0.2, -0.15) is 0 Å². The van der Waals surface area contributed by atoms with Gasteiger partial charge < -0.3 is 20.5 Å². The third kappa shape index (κ3) is 4.70. The fourth-order valence-corrected chi connectivity index (χ4v) is 3.53. The lowest BCUT2D eigenvalue weighted by Gasteiger charge is -2.36. The Morgan fingerprint density at radius 3 is 2.59 bits per heavy atom. The molecule has 0 aromatic heterocycles. The molecule has 0 spiro atoms. The largest absolute Gasteiger partial charge is 0.495 e. The first-order chi connectivity index (χ1) is 13.0. The second-order valence-electron chi connectivity index (χ2n) is 6.58. The van der Waals surface area contributed by atoms with E-state index >= 15 is 0 Å². The zero-order valence-electron chi connectivity index (χ0n) is 15.2. The number of nitrogens with one attached hydrogen (secondary N) is 1. The summed E-state index contributed by atoms with van der Waals surface area (Å²) in [5, 5.41) is 3.54. The summed E-state index contributed by atoms with van der Waals surface area (Å²) < 4.78 is 24.0. The molecule has 0 unspecified atom stereocenters. The molecule has 5 nitrogen and oxygen atoms in total. The van der Waals surface area contributed by atoms with Gasteiger partial charge in [-0.1, -0.05) is 23.7 Å². The molecule has 0 amide bonds. The Kier molecular flexibility index (Phi) is 6.19. The maximum Gasteiger partial charge on any atom is 0.193 e. The fourth-order valence-electron chi connectivity index (χ4n) is 3.27. The van der Waals surface area contributed by atoms with Crippen molar-refractivity contribution in [2.45, 2.75) is 18.3 Å². The quantitative estimate of drug-likeness (QED) is 0.598. The molecule has 1 heterocycles. The van der Waals surface area contributed by atoms with Crippen molar-refractivity contribution in [3.63, 3.8) is 0 Å². The summed E-state index contributed by atoms with van der Waals surface area (Å²) in [5.74, 6) is 0.640. The highest BCUT2D eigenvalue weighted by Crippen LogP contribution is 2.35. The predicted molar refractivity (Wildman–Crippen MR) is 106 cm³/mol. The molecule has 3 N–H and O–H groups in total. The van der Waals surface area contributed by atoms with Crippen LogP contribution in [0.15, 0.2) is 47.5 Å². The molecule has 1 aliphatic rings. The molecule has 0 atom stereocenters. The minimum Gasteiger partial charge on any atom is -0.495 e. The summed E-state index contributed by atoms with van der Waals surface area (Å²) in [6.07, 6.45) is 1.62. The van der Waals surface area contributed by atoms with Crippen LogP contribution in [0.1, 0.15) is 18.4 Å². The number of ether oxygens (including phenoxy) is 2. The van der Waals surface area contributed by atoms with Gasteiger partial charge in [-0.15, -0.1) is 0 Å². The molecule has 7 heteroatoms. The Morgan fingerprint density at radius 1 is 1.26 bits per heavy atom. The van der Waals surface area contributed by atoms with Crippen molar-refractivity contribution in [3.8, 4) is 5.75 Å². The van der Waals surface area contributed by atoms with E-state index in [-0.39, 0.29) is 11.2 Å². The summed E-state index contributed by atoms with van der Waals surface area (Å²) in [6.45, 7) is 1.79. The minimum absolute atomic E-state index is 0.212. The van der Waals surface area contributed by atoms with Crippen LogP contribution >= 0.6 is 11.6 Å². The van der Waals surface area contributed by atoms with Gasteiger partial charge in [-0.25, -0.2) is 4.39 Å². The molecule has 0 radical (unpaired) electrons. The van der Waals surface area contributed by atoms with Crippen LogP contribution < -0.4 is 15.8 Å². The smallest absolute Gasteiger partial charge is 0.193 e. The number of aliphatic imine (C=N–C) groups is 1. The maximum atomic E-state index is 13.3. The predicted octanol–water partition coefficient (Wildman–Crippen LogP) is 3.96. The van der Waals surface area contributed by atoms with E-state index in [0.29, 0.717) is 36.5 Å². The van der Waals surface area contributed by atoms with Crippen LogP contribution in [-0.2, 0) is 10.2 Å². The van der Waals surface area contributed by atoms with E-state index in [4.69, 9.17) is 26.8 Å². The average Bonchev–Trinajstić information content (AvgIpc) is 2.68. The zero-order valence-corrected chi connectivity index (χ0v) is 15.9. The van der Waals surface area contributed by atoms with E-state index in [9.17, 15) is 4.39 Å². The van der Waals surface area contributed by atoms with Gasteiger partial charge in [0.15, 0.2) is 5.96 Å². The SMILES string of the molecule is COc1ccc(NC(N)=NCC2(c3ccc(F)cc3)CCOCC2)cc1Cl. The number of halogens is 2. The van der Waals surface area contributed by atoms with Crippen molar-refractivity contribution >= 4 is 23.2 Å². The van der Waals surface area contributed by atoms with Gasteiger partial charge in [-0.3, -0.25) is 4.99 Å². The number of anilines is 1. The molecule has 1 aliphatic heterocycles. The summed E-state index contributed by atoms with van der Waals surface area (Å²) >= 11 is 6.14. The third-order valence-electron chi connectivity index (χ3n) is 4.88. The molecule has 27 heavy (non-hydrogen) atoms. The Balaban J connectivity index is 1.75. The van der Waals surface area contributed by atoms with Crippen LogP contribution in [-0.4, -0.2) is 32.8 Å². The van der Waals surface area contributed by atoms with Gasteiger partial charge in [-0.05, 0) is 48.7 Å². The van der Waals surface area contributed by atoms with Gasteiger partial charge in [0.2, 0.25) is 0 Å². The van der Waals surface area contributed by atoms with Crippen LogP contribution in [0.25, 0.3) is 0 Å². The molecule has 2 aromatic carbocycles. The van der Waals surface area contributed by atoms with Crippen molar-refractivity contribution in [1.82, 2.24) is 0 Å². The first-order valence-electron chi connectivity index (χ1n) is 8.77. The summed E-state index contributed by atoms with van der Waals surface area (Å²) in [5.41, 5.74) is 7.64. The molecule has 144 valence electrons.